The first-order valence-corrected chi connectivity index (χ1v) is 10.5. The van der Waals surface area contributed by atoms with E-state index in [2.05, 4.69) is 14.8 Å². The van der Waals surface area contributed by atoms with Gasteiger partial charge >= 0.3 is 0 Å². The van der Waals surface area contributed by atoms with E-state index in [0.717, 1.165) is 6.07 Å². The number of para-hydroxylation sites is 1. The number of benzene rings is 1. The van der Waals surface area contributed by atoms with E-state index in [4.69, 9.17) is 4.42 Å². The minimum atomic E-state index is -4.24. The molecule has 0 saturated heterocycles. The molecular weight excluding hydrogens is 418 g/mol. The zero-order chi connectivity index (χ0) is 20.6. The number of hydrogen-bond acceptors (Lipinski definition) is 8. The van der Waals surface area contributed by atoms with Crippen LogP contribution in [-0.2, 0) is 10.0 Å². The van der Waals surface area contributed by atoms with Crippen LogP contribution in [0.15, 0.2) is 63.4 Å². The Morgan fingerprint density at radius 3 is 2.76 bits per heavy atom. The molecule has 0 aliphatic carbocycles. The Balaban J connectivity index is 1.72. The highest BCUT2D eigenvalue weighted by atomic mass is 32.2. The number of thiazole rings is 1. The second kappa shape index (κ2) is 7.14. The lowest BCUT2D eigenvalue weighted by Crippen LogP contribution is -2.17. The molecule has 0 aliphatic rings. The Bertz CT molecular complexity index is 1290. The van der Waals surface area contributed by atoms with Crippen molar-refractivity contribution in [2.24, 2.45) is 0 Å². The minimum absolute atomic E-state index is 0.112. The van der Waals surface area contributed by atoms with Gasteiger partial charge in [-0.25, -0.2) is 13.4 Å². The summed E-state index contributed by atoms with van der Waals surface area (Å²) in [6.45, 7) is 1.69. The molecule has 148 valence electrons. The fourth-order valence-corrected chi connectivity index (χ4v) is 4.63. The van der Waals surface area contributed by atoms with Crippen LogP contribution in [0, 0.1) is 17.0 Å². The molecule has 0 unspecified atom stereocenters. The number of furan rings is 1. The summed E-state index contributed by atoms with van der Waals surface area (Å²) in [5.74, 6) is 0.680. The van der Waals surface area contributed by atoms with E-state index in [1.165, 1.54) is 46.5 Å². The molecule has 0 saturated carbocycles. The number of hydrogen-bond donors (Lipinski definition) is 1. The van der Waals surface area contributed by atoms with E-state index in [-0.39, 0.29) is 5.82 Å². The van der Waals surface area contributed by atoms with Gasteiger partial charge in [0.05, 0.1) is 16.9 Å². The molecule has 0 bridgehead atoms. The first-order valence-electron chi connectivity index (χ1n) is 8.18. The lowest BCUT2D eigenvalue weighted by molar-refractivity contribution is -0.387. The van der Waals surface area contributed by atoms with Crippen molar-refractivity contribution in [3.8, 4) is 16.6 Å². The van der Waals surface area contributed by atoms with E-state index < -0.39 is 25.5 Å². The van der Waals surface area contributed by atoms with Crippen LogP contribution in [0.1, 0.15) is 5.69 Å². The van der Waals surface area contributed by atoms with E-state index in [0.29, 0.717) is 22.3 Å². The zero-order valence-electron chi connectivity index (χ0n) is 14.8. The summed E-state index contributed by atoms with van der Waals surface area (Å²) >= 11 is 1.24. The molecule has 0 aliphatic heterocycles. The van der Waals surface area contributed by atoms with Crippen molar-refractivity contribution < 1.29 is 17.8 Å². The van der Waals surface area contributed by atoms with Gasteiger partial charge in [0.2, 0.25) is 5.13 Å². The van der Waals surface area contributed by atoms with Crippen molar-refractivity contribution >= 4 is 32.9 Å². The average molecular weight is 431 g/mol. The average Bonchev–Trinajstić information content (AvgIpc) is 3.41. The highest BCUT2D eigenvalue weighted by Gasteiger charge is 2.27. The smallest absolute Gasteiger partial charge is 0.289 e. The SMILES string of the molecule is Cc1cc(NS(=O)(=O)c2ccccc2[N+](=O)[O-])n(-c2nc(-c3ccco3)cs2)n1. The van der Waals surface area contributed by atoms with Crippen LogP contribution >= 0.6 is 11.3 Å². The fourth-order valence-electron chi connectivity index (χ4n) is 2.64. The zero-order valence-corrected chi connectivity index (χ0v) is 16.5. The highest BCUT2D eigenvalue weighted by molar-refractivity contribution is 7.92. The summed E-state index contributed by atoms with van der Waals surface area (Å²) in [4.78, 5) is 14.5. The van der Waals surface area contributed by atoms with E-state index in [1.807, 2.05) is 0 Å². The molecule has 1 aromatic carbocycles. The molecular formula is C17H13N5O5S2. The molecule has 0 atom stereocenters. The second-order valence-electron chi connectivity index (χ2n) is 5.91. The summed E-state index contributed by atoms with van der Waals surface area (Å²) in [6, 6.07) is 10.1. The number of nitrogens with one attached hydrogen (secondary N) is 1. The van der Waals surface area contributed by atoms with E-state index in [1.54, 1.807) is 24.4 Å². The van der Waals surface area contributed by atoms with Gasteiger partial charge in [-0.05, 0) is 25.1 Å². The predicted octanol–water partition coefficient (Wildman–Crippen LogP) is 3.61. The molecule has 10 nitrogen and oxygen atoms in total. The lowest BCUT2D eigenvalue weighted by Gasteiger charge is -2.09. The van der Waals surface area contributed by atoms with Gasteiger partial charge in [-0.2, -0.15) is 9.78 Å². The van der Waals surface area contributed by atoms with Crippen molar-refractivity contribution in [1.82, 2.24) is 14.8 Å². The number of anilines is 1. The molecule has 0 radical (unpaired) electrons. The number of aromatic nitrogens is 3. The summed E-state index contributed by atoms with van der Waals surface area (Å²) in [5, 5.41) is 17.7. The van der Waals surface area contributed by atoms with Gasteiger partial charge in [-0.1, -0.05) is 12.1 Å². The van der Waals surface area contributed by atoms with Gasteiger partial charge in [-0.15, -0.1) is 11.3 Å². The first kappa shape index (κ1) is 18.8. The van der Waals surface area contributed by atoms with Gasteiger partial charge < -0.3 is 4.42 Å². The maximum Gasteiger partial charge on any atom is 0.289 e. The van der Waals surface area contributed by atoms with Crippen molar-refractivity contribution in [3.05, 3.63) is 69.9 Å². The number of nitro groups is 1. The number of nitro benzene ring substituents is 1. The van der Waals surface area contributed by atoms with Gasteiger partial charge in [0, 0.05) is 17.5 Å². The molecule has 0 fully saturated rings. The molecule has 12 heteroatoms. The van der Waals surface area contributed by atoms with Crippen molar-refractivity contribution in [3.63, 3.8) is 0 Å². The molecule has 3 aromatic heterocycles. The van der Waals surface area contributed by atoms with Gasteiger partial charge in [0.15, 0.2) is 10.7 Å². The Morgan fingerprint density at radius 1 is 1.24 bits per heavy atom. The summed E-state index contributed by atoms with van der Waals surface area (Å²) in [5.41, 5.74) is 0.604. The molecule has 3 heterocycles. The Kier molecular flexibility index (Phi) is 4.64. The monoisotopic (exact) mass is 431 g/mol. The molecule has 0 amide bonds. The largest absolute Gasteiger partial charge is 0.463 e. The Morgan fingerprint density at radius 2 is 2.03 bits per heavy atom. The molecule has 4 aromatic rings. The normalized spacial score (nSPS) is 11.5. The van der Waals surface area contributed by atoms with Crippen molar-refractivity contribution in [1.29, 1.82) is 0 Å². The Hall–Kier alpha value is -3.51. The van der Waals surface area contributed by atoms with Crippen molar-refractivity contribution in [2.75, 3.05) is 4.72 Å². The van der Waals surface area contributed by atoms with Crippen LogP contribution in [0.5, 0.6) is 0 Å². The Labute approximate surface area is 168 Å². The topological polar surface area (TPSA) is 133 Å². The van der Waals surface area contributed by atoms with Crippen LogP contribution in [0.3, 0.4) is 0 Å². The number of sulfonamides is 1. The molecule has 29 heavy (non-hydrogen) atoms. The fraction of sp³-hybridized carbons (Fsp3) is 0.0588. The minimum Gasteiger partial charge on any atom is -0.463 e. The van der Waals surface area contributed by atoms with Gasteiger partial charge in [0.1, 0.15) is 11.5 Å². The van der Waals surface area contributed by atoms with Crippen LogP contribution in [0.2, 0.25) is 0 Å². The second-order valence-corrected chi connectivity index (χ2v) is 8.39. The van der Waals surface area contributed by atoms with Gasteiger partial charge in [0.25, 0.3) is 15.7 Å². The van der Waals surface area contributed by atoms with Crippen molar-refractivity contribution in [2.45, 2.75) is 11.8 Å². The number of nitrogens with zero attached hydrogens (tertiary/aromatic N) is 4. The third-order valence-electron chi connectivity index (χ3n) is 3.87. The number of rotatable bonds is 6. The first-order chi connectivity index (χ1) is 13.8. The summed E-state index contributed by atoms with van der Waals surface area (Å²) in [6.07, 6.45) is 1.53. The lowest BCUT2D eigenvalue weighted by atomic mass is 10.3. The molecule has 4 rings (SSSR count). The predicted molar refractivity (Wildman–Crippen MR) is 106 cm³/mol. The maximum atomic E-state index is 12.8. The third kappa shape index (κ3) is 3.62. The quantitative estimate of drug-likeness (QED) is 0.364. The highest BCUT2D eigenvalue weighted by Crippen LogP contribution is 2.29. The molecule has 0 spiro atoms. The van der Waals surface area contributed by atoms with Gasteiger partial charge in [-0.3, -0.25) is 14.8 Å². The molecule has 1 N–H and O–H groups in total. The van der Waals surface area contributed by atoms with Crippen LogP contribution in [0.4, 0.5) is 11.5 Å². The van der Waals surface area contributed by atoms with Crippen LogP contribution in [-0.4, -0.2) is 28.1 Å². The summed E-state index contributed by atoms with van der Waals surface area (Å²) < 4.78 is 34.7. The standard InChI is InChI=1S/C17H13N5O5S2/c1-11-9-16(20-29(25,26)15-7-3-2-5-13(15)22(23)24)21(19-11)17-18-12(10-28-17)14-6-4-8-27-14/h2-10,20H,1H3. The summed E-state index contributed by atoms with van der Waals surface area (Å²) in [7, 11) is -4.24. The van der Waals surface area contributed by atoms with Crippen LogP contribution < -0.4 is 4.72 Å². The van der Waals surface area contributed by atoms with E-state index >= 15 is 0 Å². The third-order valence-corrected chi connectivity index (χ3v) is 6.09. The number of aryl methyl sites for hydroxylation is 1. The maximum absolute atomic E-state index is 12.8. The van der Waals surface area contributed by atoms with Crippen LogP contribution in [0.25, 0.3) is 16.6 Å². The van der Waals surface area contributed by atoms with E-state index in [9.17, 15) is 18.5 Å².